The van der Waals surface area contributed by atoms with Crippen molar-refractivity contribution in [2.75, 3.05) is 13.1 Å². The summed E-state index contributed by atoms with van der Waals surface area (Å²) in [5.74, 6) is 0.664. The minimum atomic E-state index is 0.664. The van der Waals surface area contributed by atoms with E-state index >= 15 is 0 Å². The third kappa shape index (κ3) is 5.56. The van der Waals surface area contributed by atoms with Crippen LogP contribution in [-0.2, 0) is 0 Å². The second-order valence-electron chi connectivity index (χ2n) is 8.51. The van der Waals surface area contributed by atoms with Crippen molar-refractivity contribution in [3.05, 3.63) is 106 Å². The van der Waals surface area contributed by atoms with Crippen molar-refractivity contribution in [3.8, 4) is 0 Å². The largest absolute Gasteiger partial charge is 0.315 e. The van der Waals surface area contributed by atoms with E-state index in [0.717, 1.165) is 24.0 Å². The van der Waals surface area contributed by atoms with E-state index in [0.29, 0.717) is 5.92 Å². The third-order valence-electron chi connectivity index (χ3n) is 6.29. The lowest BCUT2D eigenvalue weighted by Crippen LogP contribution is -2.39. The lowest BCUT2D eigenvalue weighted by atomic mass is 9.85. The molecular formula is C29H32BrN. The summed E-state index contributed by atoms with van der Waals surface area (Å²) >= 11 is 3.61. The van der Waals surface area contributed by atoms with Crippen LogP contribution >= 0.6 is 15.9 Å². The van der Waals surface area contributed by atoms with E-state index in [1.807, 2.05) is 0 Å². The topological polar surface area (TPSA) is 12.0 Å². The predicted molar refractivity (Wildman–Crippen MR) is 137 cm³/mol. The minimum Gasteiger partial charge on any atom is -0.315 e. The van der Waals surface area contributed by atoms with Crippen LogP contribution in [0.4, 0.5) is 0 Å². The van der Waals surface area contributed by atoms with Crippen molar-refractivity contribution in [2.24, 2.45) is 0 Å². The Morgan fingerprint density at radius 1 is 0.774 bits per heavy atom. The molecule has 4 rings (SSSR count). The third-order valence-corrected chi connectivity index (χ3v) is 6.82. The zero-order valence-corrected chi connectivity index (χ0v) is 20.0. The van der Waals surface area contributed by atoms with Crippen LogP contribution < -0.4 is 5.32 Å². The summed E-state index contributed by atoms with van der Waals surface area (Å²) in [7, 11) is 0. The molecule has 0 aliphatic carbocycles. The molecule has 1 aliphatic heterocycles. The molecule has 1 heterocycles. The summed E-state index contributed by atoms with van der Waals surface area (Å²) in [6.45, 7) is 4.48. The second kappa shape index (κ2) is 10.9. The molecule has 0 spiro atoms. The van der Waals surface area contributed by atoms with Gasteiger partial charge in [0.25, 0.3) is 0 Å². The molecule has 0 radical (unpaired) electrons. The van der Waals surface area contributed by atoms with Crippen LogP contribution in [0.2, 0.25) is 0 Å². The molecule has 1 nitrogen and oxygen atoms in total. The van der Waals surface area contributed by atoms with Gasteiger partial charge in [-0.25, -0.2) is 0 Å². The molecule has 0 unspecified atom stereocenters. The van der Waals surface area contributed by atoms with Gasteiger partial charge in [0.1, 0.15) is 0 Å². The van der Waals surface area contributed by atoms with Gasteiger partial charge in [-0.15, -0.1) is 0 Å². The first kappa shape index (κ1) is 22.0. The standard InChI is InChI=1S/C29H32BrN/c1-2-3-4-8-11-28(23-9-6-5-7-10-23)29(25-16-18-27(30)19-17-25)24-14-12-22(13-15-24)26-20-31-21-26/h5-7,9-10,12-19,26,31H,2-4,8,11,20-21H2,1H3/b29-28+. The number of nitrogens with one attached hydrogen (secondary N) is 1. The average Bonchev–Trinajstić information content (AvgIpc) is 2.77. The van der Waals surface area contributed by atoms with Crippen LogP contribution in [0.3, 0.4) is 0 Å². The summed E-state index contributed by atoms with van der Waals surface area (Å²) in [6, 6.07) is 29.1. The highest BCUT2D eigenvalue weighted by Crippen LogP contribution is 2.36. The maximum atomic E-state index is 3.61. The van der Waals surface area contributed by atoms with Crippen LogP contribution in [-0.4, -0.2) is 13.1 Å². The van der Waals surface area contributed by atoms with E-state index in [2.05, 4.69) is 107 Å². The summed E-state index contributed by atoms with van der Waals surface area (Å²) in [5, 5.41) is 3.39. The number of rotatable bonds is 9. The summed E-state index contributed by atoms with van der Waals surface area (Å²) in [5.41, 5.74) is 8.21. The molecule has 3 aromatic carbocycles. The Labute approximate surface area is 195 Å². The fourth-order valence-corrected chi connectivity index (χ4v) is 4.62. The van der Waals surface area contributed by atoms with Gasteiger partial charge in [-0.05, 0) is 58.4 Å². The van der Waals surface area contributed by atoms with Crippen LogP contribution in [0.1, 0.15) is 67.2 Å². The normalized spacial score (nSPS) is 14.8. The summed E-state index contributed by atoms with van der Waals surface area (Å²) < 4.78 is 1.12. The van der Waals surface area contributed by atoms with E-state index < -0.39 is 0 Å². The van der Waals surface area contributed by atoms with Crippen molar-refractivity contribution in [1.29, 1.82) is 0 Å². The zero-order chi connectivity index (χ0) is 21.5. The van der Waals surface area contributed by atoms with Crippen molar-refractivity contribution in [1.82, 2.24) is 5.32 Å². The highest BCUT2D eigenvalue weighted by molar-refractivity contribution is 9.10. The lowest BCUT2D eigenvalue weighted by molar-refractivity contribution is 0.448. The van der Waals surface area contributed by atoms with Crippen molar-refractivity contribution in [2.45, 2.75) is 44.9 Å². The summed E-state index contributed by atoms with van der Waals surface area (Å²) in [4.78, 5) is 0. The van der Waals surface area contributed by atoms with Gasteiger partial charge in [0.2, 0.25) is 0 Å². The molecule has 0 aromatic heterocycles. The van der Waals surface area contributed by atoms with E-state index in [1.165, 1.54) is 59.1 Å². The average molecular weight is 474 g/mol. The molecule has 160 valence electrons. The fraction of sp³-hybridized carbons (Fsp3) is 0.310. The highest BCUT2D eigenvalue weighted by Gasteiger charge is 2.19. The molecule has 0 bridgehead atoms. The Kier molecular flexibility index (Phi) is 7.77. The van der Waals surface area contributed by atoms with Gasteiger partial charge in [-0.3, -0.25) is 0 Å². The number of unbranched alkanes of at least 4 members (excludes halogenated alkanes) is 3. The molecular weight excluding hydrogens is 442 g/mol. The van der Waals surface area contributed by atoms with Crippen LogP contribution in [0.25, 0.3) is 11.1 Å². The quantitative estimate of drug-likeness (QED) is 0.244. The lowest BCUT2D eigenvalue weighted by Gasteiger charge is -2.27. The second-order valence-corrected chi connectivity index (χ2v) is 9.43. The number of halogens is 1. The molecule has 3 aromatic rings. The van der Waals surface area contributed by atoms with Gasteiger partial charge in [0.05, 0.1) is 0 Å². The fourth-order valence-electron chi connectivity index (χ4n) is 4.36. The Morgan fingerprint density at radius 2 is 1.42 bits per heavy atom. The van der Waals surface area contributed by atoms with E-state index in [4.69, 9.17) is 0 Å². The first-order valence-corrected chi connectivity index (χ1v) is 12.4. The van der Waals surface area contributed by atoms with Gasteiger partial charge in [-0.1, -0.05) is 109 Å². The molecule has 1 N–H and O–H groups in total. The van der Waals surface area contributed by atoms with Gasteiger partial charge >= 0.3 is 0 Å². The summed E-state index contributed by atoms with van der Waals surface area (Å²) in [6.07, 6.45) is 6.18. The zero-order valence-electron chi connectivity index (χ0n) is 18.4. The first-order chi connectivity index (χ1) is 15.3. The van der Waals surface area contributed by atoms with Crippen LogP contribution in [0, 0.1) is 0 Å². The Balaban J connectivity index is 1.80. The monoisotopic (exact) mass is 473 g/mol. The molecule has 1 saturated heterocycles. The highest BCUT2D eigenvalue weighted by atomic mass is 79.9. The maximum absolute atomic E-state index is 3.61. The van der Waals surface area contributed by atoms with Crippen LogP contribution in [0.5, 0.6) is 0 Å². The SMILES string of the molecule is CCCCCC/C(=C(\c1ccc(Br)cc1)c1ccc(C2CNC2)cc1)c1ccccc1. The van der Waals surface area contributed by atoms with Crippen molar-refractivity contribution >= 4 is 27.1 Å². The van der Waals surface area contributed by atoms with Crippen molar-refractivity contribution in [3.63, 3.8) is 0 Å². The van der Waals surface area contributed by atoms with Gasteiger partial charge < -0.3 is 5.32 Å². The Morgan fingerprint density at radius 3 is 2.00 bits per heavy atom. The minimum absolute atomic E-state index is 0.664. The number of hydrogen-bond donors (Lipinski definition) is 1. The predicted octanol–water partition coefficient (Wildman–Crippen LogP) is 8.07. The molecule has 0 saturated carbocycles. The molecule has 1 aliphatic rings. The van der Waals surface area contributed by atoms with Gasteiger partial charge in [0.15, 0.2) is 0 Å². The molecule has 0 atom stereocenters. The molecule has 0 amide bonds. The number of allylic oxidation sites excluding steroid dienone is 1. The number of benzene rings is 3. The van der Waals surface area contributed by atoms with Gasteiger partial charge in [-0.2, -0.15) is 0 Å². The van der Waals surface area contributed by atoms with E-state index in [-0.39, 0.29) is 0 Å². The molecule has 31 heavy (non-hydrogen) atoms. The molecule has 2 heteroatoms. The smallest absolute Gasteiger partial charge is 0.0175 e. The maximum Gasteiger partial charge on any atom is 0.0175 e. The van der Waals surface area contributed by atoms with E-state index in [1.54, 1.807) is 0 Å². The van der Waals surface area contributed by atoms with E-state index in [9.17, 15) is 0 Å². The van der Waals surface area contributed by atoms with Gasteiger partial charge in [0, 0.05) is 23.5 Å². The first-order valence-electron chi connectivity index (χ1n) is 11.6. The molecule has 1 fully saturated rings. The number of hydrogen-bond acceptors (Lipinski definition) is 1. The Hall–Kier alpha value is -2.16. The van der Waals surface area contributed by atoms with Crippen LogP contribution in [0.15, 0.2) is 83.3 Å². The Bertz CT molecular complexity index is 983. The van der Waals surface area contributed by atoms with Crippen molar-refractivity contribution < 1.29 is 0 Å².